The molecule has 2 atom stereocenters. The normalized spacial score (nSPS) is 22.9. The molecule has 4 nitrogen and oxygen atoms in total. The molecule has 1 heterocycles. The minimum absolute atomic E-state index is 0.183. The van der Waals surface area contributed by atoms with Gasteiger partial charge in [-0.1, -0.05) is 12.1 Å². The number of nitrogens with zero attached hydrogens (tertiary/aromatic N) is 1. The van der Waals surface area contributed by atoms with Gasteiger partial charge in [0.1, 0.15) is 5.82 Å². The van der Waals surface area contributed by atoms with E-state index in [1.165, 1.54) is 23.1 Å². The average Bonchev–Trinajstić information content (AvgIpc) is 2.83. The zero-order valence-electron chi connectivity index (χ0n) is 10.7. The Morgan fingerprint density at radius 1 is 1.42 bits per heavy atom. The number of carbonyl (C=O) groups is 1. The first-order valence-corrected chi connectivity index (χ1v) is 6.17. The molecule has 1 fully saturated rings. The largest absolute Gasteiger partial charge is 0.390 e. The van der Waals surface area contributed by atoms with E-state index in [9.17, 15) is 14.3 Å². The zero-order chi connectivity index (χ0) is 13.8. The van der Waals surface area contributed by atoms with Crippen LogP contribution in [0.3, 0.4) is 0 Å². The quantitative estimate of drug-likeness (QED) is 0.787. The Morgan fingerprint density at radius 2 is 2.11 bits per heavy atom. The van der Waals surface area contributed by atoms with Crippen LogP contribution >= 0.6 is 0 Å². The highest BCUT2D eigenvalue weighted by molar-refractivity contribution is 5.91. The summed E-state index contributed by atoms with van der Waals surface area (Å²) in [4.78, 5) is 13.5. The summed E-state index contributed by atoms with van der Waals surface area (Å²) in [5.41, 5.74) is 0.758. The number of halogens is 1. The summed E-state index contributed by atoms with van der Waals surface area (Å²) >= 11 is 0. The molecule has 0 aromatic heterocycles. The SMILES string of the molecule is CN(C(=O)/C=C/c1ccc(F)cc1)[C@@H]1CNC[C@H]1O. The van der Waals surface area contributed by atoms with Gasteiger partial charge in [0, 0.05) is 26.2 Å². The van der Waals surface area contributed by atoms with Gasteiger partial charge in [-0.25, -0.2) is 4.39 Å². The van der Waals surface area contributed by atoms with Crippen LogP contribution in [0, 0.1) is 5.82 Å². The molecule has 1 aliphatic heterocycles. The fourth-order valence-corrected chi connectivity index (χ4v) is 2.07. The summed E-state index contributed by atoms with van der Waals surface area (Å²) in [7, 11) is 1.66. The monoisotopic (exact) mass is 264 g/mol. The molecule has 1 aliphatic rings. The molecule has 2 rings (SSSR count). The predicted molar refractivity (Wildman–Crippen MR) is 70.9 cm³/mol. The van der Waals surface area contributed by atoms with Crippen LogP contribution in [0.5, 0.6) is 0 Å². The van der Waals surface area contributed by atoms with E-state index in [0.717, 1.165) is 5.56 Å². The summed E-state index contributed by atoms with van der Waals surface area (Å²) < 4.78 is 12.7. The lowest BCUT2D eigenvalue weighted by molar-refractivity contribution is -0.127. The molecule has 19 heavy (non-hydrogen) atoms. The van der Waals surface area contributed by atoms with Gasteiger partial charge in [0.25, 0.3) is 0 Å². The van der Waals surface area contributed by atoms with Crippen molar-refractivity contribution in [2.24, 2.45) is 0 Å². The second-order valence-corrected chi connectivity index (χ2v) is 4.63. The third kappa shape index (κ3) is 3.39. The van der Waals surface area contributed by atoms with E-state index in [1.807, 2.05) is 0 Å². The van der Waals surface area contributed by atoms with E-state index in [1.54, 1.807) is 25.3 Å². The first kappa shape index (κ1) is 13.7. The Hall–Kier alpha value is -1.72. The van der Waals surface area contributed by atoms with Gasteiger partial charge in [0.2, 0.25) is 5.91 Å². The van der Waals surface area contributed by atoms with Crippen LogP contribution < -0.4 is 5.32 Å². The Balaban J connectivity index is 1.98. The van der Waals surface area contributed by atoms with Crippen molar-refractivity contribution in [2.45, 2.75) is 12.1 Å². The number of hydrogen-bond donors (Lipinski definition) is 2. The standard InChI is InChI=1S/C14H17FN2O2/c1-17(12-8-16-9-13(12)18)14(19)7-4-10-2-5-11(15)6-3-10/h2-7,12-13,16,18H,8-9H2,1H3/b7-4+/t12-,13-/m1/s1. The molecular weight excluding hydrogens is 247 g/mol. The van der Waals surface area contributed by atoms with Crippen molar-refractivity contribution < 1.29 is 14.3 Å². The molecule has 0 aliphatic carbocycles. The van der Waals surface area contributed by atoms with Gasteiger partial charge in [0.15, 0.2) is 0 Å². The first-order valence-electron chi connectivity index (χ1n) is 6.17. The number of carbonyl (C=O) groups excluding carboxylic acids is 1. The smallest absolute Gasteiger partial charge is 0.246 e. The highest BCUT2D eigenvalue weighted by Crippen LogP contribution is 2.09. The molecule has 102 valence electrons. The summed E-state index contributed by atoms with van der Waals surface area (Å²) in [5.74, 6) is -0.488. The summed E-state index contributed by atoms with van der Waals surface area (Å²) in [6.45, 7) is 1.09. The highest BCUT2D eigenvalue weighted by Gasteiger charge is 2.30. The van der Waals surface area contributed by atoms with Crippen molar-refractivity contribution in [3.05, 3.63) is 41.7 Å². The lowest BCUT2D eigenvalue weighted by atomic mass is 10.1. The number of hydrogen-bond acceptors (Lipinski definition) is 3. The van der Waals surface area contributed by atoms with Gasteiger partial charge in [0.05, 0.1) is 12.1 Å². The Morgan fingerprint density at radius 3 is 2.68 bits per heavy atom. The van der Waals surface area contributed by atoms with Gasteiger partial charge in [-0.2, -0.15) is 0 Å². The Bertz CT molecular complexity index is 473. The Kier molecular flexibility index (Phi) is 4.29. The summed E-state index contributed by atoms with van der Waals surface area (Å²) in [5, 5.41) is 12.7. The van der Waals surface area contributed by atoms with E-state index in [-0.39, 0.29) is 17.8 Å². The fourth-order valence-electron chi connectivity index (χ4n) is 2.07. The molecule has 1 aromatic rings. The third-order valence-electron chi connectivity index (χ3n) is 3.28. The number of aliphatic hydroxyl groups is 1. The van der Waals surface area contributed by atoms with Crippen LogP contribution in [-0.2, 0) is 4.79 Å². The van der Waals surface area contributed by atoms with Gasteiger partial charge in [-0.15, -0.1) is 0 Å². The van der Waals surface area contributed by atoms with Crippen LogP contribution in [-0.4, -0.2) is 48.2 Å². The van der Waals surface area contributed by atoms with Gasteiger partial charge in [-0.05, 0) is 23.8 Å². The lowest BCUT2D eigenvalue weighted by Gasteiger charge is -2.25. The molecule has 0 radical (unpaired) electrons. The van der Waals surface area contributed by atoms with Crippen LogP contribution in [0.4, 0.5) is 4.39 Å². The lowest BCUT2D eigenvalue weighted by Crippen LogP contribution is -2.43. The predicted octanol–water partition coefficient (Wildman–Crippen LogP) is 0.630. The number of nitrogens with one attached hydrogen (secondary N) is 1. The topological polar surface area (TPSA) is 52.6 Å². The zero-order valence-corrected chi connectivity index (χ0v) is 10.7. The van der Waals surface area contributed by atoms with Crippen LogP contribution in [0.1, 0.15) is 5.56 Å². The van der Waals surface area contributed by atoms with Gasteiger partial charge >= 0.3 is 0 Å². The molecule has 5 heteroatoms. The number of benzene rings is 1. The van der Waals surface area contributed by atoms with Gasteiger partial charge < -0.3 is 15.3 Å². The minimum atomic E-state index is -0.534. The van der Waals surface area contributed by atoms with Crippen molar-refractivity contribution in [1.82, 2.24) is 10.2 Å². The van der Waals surface area contributed by atoms with Crippen molar-refractivity contribution in [3.8, 4) is 0 Å². The van der Waals surface area contributed by atoms with Crippen molar-refractivity contribution in [3.63, 3.8) is 0 Å². The maximum atomic E-state index is 12.7. The van der Waals surface area contributed by atoms with E-state index in [2.05, 4.69) is 5.32 Å². The van der Waals surface area contributed by atoms with E-state index in [4.69, 9.17) is 0 Å². The molecule has 1 amide bonds. The molecule has 0 unspecified atom stereocenters. The second-order valence-electron chi connectivity index (χ2n) is 4.63. The highest BCUT2D eigenvalue weighted by atomic mass is 19.1. The number of aliphatic hydroxyl groups excluding tert-OH is 1. The van der Waals surface area contributed by atoms with Crippen LogP contribution in [0.2, 0.25) is 0 Å². The number of rotatable bonds is 3. The van der Waals surface area contributed by atoms with Crippen molar-refractivity contribution in [1.29, 1.82) is 0 Å². The molecule has 1 saturated heterocycles. The molecular formula is C14H17FN2O2. The van der Waals surface area contributed by atoms with Crippen LogP contribution in [0.25, 0.3) is 6.08 Å². The van der Waals surface area contributed by atoms with E-state index < -0.39 is 6.10 Å². The minimum Gasteiger partial charge on any atom is -0.390 e. The van der Waals surface area contributed by atoms with E-state index >= 15 is 0 Å². The second kappa shape index (κ2) is 5.95. The van der Waals surface area contributed by atoms with Gasteiger partial charge in [-0.3, -0.25) is 4.79 Å². The van der Waals surface area contributed by atoms with Crippen LogP contribution in [0.15, 0.2) is 30.3 Å². The number of likely N-dealkylation sites (N-methyl/N-ethyl adjacent to an activating group) is 1. The van der Waals surface area contributed by atoms with E-state index in [0.29, 0.717) is 13.1 Å². The van der Waals surface area contributed by atoms with Crippen molar-refractivity contribution >= 4 is 12.0 Å². The summed E-state index contributed by atoms with van der Waals surface area (Å²) in [6.07, 6.45) is 2.53. The third-order valence-corrected chi connectivity index (χ3v) is 3.28. The molecule has 0 bridgehead atoms. The Labute approximate surface area is 111 Å². The molecule has 0 spiro atoms. The van der Waals surface area contributed by atoms with Crippen molar-refractivity contribution in [2.75, 3.05) is 20.1 Å². The average molecular weight is 264 g/mol. The molecule has 1 aromatic carbocycles. The summed E-state index contributed by atoms with van der Waals surface area (Å²) in [6, 6.07) is 5.69. The maximum absolute atomic E-state index is 12.7. The number of β-amino-alcohol motifs (C(OH)–C–C–N with tert-alkyl or cyclic N) is 1. The first-order chi connectivity index (χ1) is 9.08. The molecule has 2 N–H and O–H groups in total. The number of amides is 1. The molecule has 0 saturated carbocycles. The maximum Gasteiger partial charge on any atom is 0.246 e. The fraction of sp³-hybridized carbons (Fsp3) is 0.357.